The molecule has 1 heterocycles. The molecule has 1 aliphatic rings. The van der Waals surface area contributed by atoms with Crippen molar-refractivity contribution >= 4 is 17.5 Å². The second-order valence-electron chi connectivity index (χ2n) is 5.07. The third-order valence-electron chi connectivity index (χ3n) is 3.37. The van der Waals surface area contributed by atoms with Gasteiger partial charge in [-0.1, -0.05) is 12.1 Å². The minimum absolute atomic E-state index is 0.0527. The predicted molar refractivity (Wildman–Crippen MR) is 76.6 cm³/mol. The van der Waals surface area contributed by atoms with Gasteiger partial charge in [0.05, 0.1) is 6.54 Å². The van der Waals surface area contributed by atoms with Gasteiger partial charge in [0.15, 0.2) is 5.78 Å². The van der Waals surface area contributed by atoms with Gasteiger partial charge in [-0.15, -0.1) is 0 Å². The number of likely N-dealkylation sites (N-methyl/N-ethyl adjacent to an activating group) is 1. The summed E-state index contributed by atoms with van der Waals surface area (Å²) in [4.78, 5) is 16.5. The Morgan fingerprint density at radius 3 is 2.24 bits per heavy atom. The number of nitrogens with zero attached hydrogens (tertiary/aromatic N) is 2. The van der Waals surface area contributed by atoms with Gasteiger partial charge in [-0.25, -0.2) is 0 Å². The summed E-state index contributed by atoms with van der Waals surface area (Å²) >= 11 is -0.170. The summed E-state index contributed by atoms with van der Waals surface area (Å²) in [5.74, 6) is -0.0527. The van der Waals surface area contributed by atoms with E-state index in [1.54, 1.807) is 0 Å². The number of thioether (sulfide) groups is 1. The van der Waals surface area contributed by atoms with Gasteiger partial charge in [-0.05, 0) is 30.9 Å². The molecule has 0 N–H and O–H groups in total. The van der Waals surface area contributed by atoms with Crippen LogP contribution in [-0.2, 0) is 0 Å². The Hall–Kier alpha value is -1.05. The number of rotatable bonds is 4. The lowest BCUT2D eigenvalue weighted by atomic mass is 10.1. The number of hydrogen-bond donors (Lipinski definition) is 0. The Morgan fingerprint density at radius 1 is 1.14 bits per heavy atom. The largest absolute Gasteiger partial charge is 0.446 e. The topological polar surface area (TPSA) is 23.6 Å². The summed E-state index contributed by atoms with van der Waals surface area (Å²) < 4.78 is 36.7. The molecule has 7 heteroatoms. The minimum atomic E-state index is -4.30. The zero-order chi connectivity index (χ0) is 15.5. The number of carbonyl (C=O) groups is 1. The summed E-state index contributed by atoms with van der Waals surface area (Å²) in [6.45, 7) is 3.84. The molecular weight excluding hydrogens is 301 g/mol. The maximum Gasteiger partial charge on any atom is 0.446 e. The average Bonchev–Trinajstić information content (AvgIpc) is 2.40. The molecule has 1 fully saturated rings. The molecule has 0 atom stereocenters. The van der Waals surface area contributed by atoms with E-state index in [0.29, 0.717) is 12.1 Å². The van der Waals surface area contributed by atoms with E-state index in [4.69, 9.17) is 0 Å². The SMILES string of the molecule is CN1CCN(CC(=O)c2ccc(SC(F)(F)F)cc2)CC1. The molecule has 0 saturated carbocycles. The molecule has 1 aromatic carbocycles. The molecule has 0 spiro atoms. The van der Waals surface area contributed by atoms with Crippen LogP contribution in [0.1, 0.15) is 10.4 Å². The third kappa shape index (κ3) is 5.33. The van der Waals surface area contributed by atoms with Crippen LogP contribution in [0, 0.1) is 0 Å². The van der Waals surface area contributed by atoms with Gasteiger partial charge >= 0.3 is 5.51 Å². The number of benzene rings is 1. The fourth-order valence-electron chi connectivity index (χ4n) is 2.14. The molecule has 0 unspecified atom stereocenters. The van der Waals surface area contributed by atoms with Gasteiger partial charge in [0.25, 0.3) is 0 Å². The second-order valence-corrected chi connectivity index (χ2v) is 6.21. The van der Waals surface area contributed by atoms with Crippen LogP contribution in [0.4, 0.5) is 13.2 Å². The van der Waals surface area contributed by atoms with Crippen LogP contribution < -0.4 is 0 Å². The first-order valence-corrected chi connectivity index (χ1v) is 7.45. The Morgan fingerprint density at radius 2 is 1.71 bits per heavy atom. The average molecular weight is 318 g/mol. The molecule has 116 valence electrons. The van der Waals surface area contributed by atoms with Gasteiger partial charge in [0.2, 0.25) is 0 Å². The maximum atomic E-state index is 12.2. The highest BCUT2D eigenvalue weighted by Gasteiger charge is 2.29. The van der Waals surface area contributed by atoms with Crippen molar-refractivity contribution in [3.05, 3.63) is 29.8 Å². The molecule has 3 nitrogen and oxygen atoms in total. The molecule has 1 aliphatic heterocycles. The summed E-state index contributed by atoms with van der Waals surface area (Å²) in [5, 5.41) is 0. The molecule has 0 bridgehead atoms. The Bertz CT molecular complexity index is 482. The molecule has 0 amide bonds. The first-order chi connectivity index (χ1) is 9.83. The summed E-state index contributed by atoms with van der Waals surface area (Å²) in [6.07, 6.45) is 0. The van der Waals surface area contributed by atoms with Crippen LogP contribution in [0.5, 0.6) is 0 Å². The van der Waals surface area contributed by atoms with Crippen LogP contribution in [0.2, 0.25) is 0 Å². The molecule has 21 heavy (non-hydrogen) atoms. The number of hydrogen-bond acceptors (Lipinski definition) is 4. The van der Waals surface area contributed by atoms with Crippen LogP contribution in [0.3, 0.4) is 0 Å². The Kier molecular flexibility index (Phi) is 5.29. The number of alkyl halides is 3. The lowest BCUT2D eigenvalue weighted by Crippen LogP contribution is -2.46. The summed E-state index contributed by atoms with van der Waals surface area (Å²) in [6, 6.07) is 5.61. The molecule has 0 aliphatic carbocycles. The fraction of sp³-hybridized carbons (Fsp3) is 0.500. The fourth-order valence-corrected chi connectivity index (χ4v) is 2.68. The summed E-state index contributed by atoms with van der Waals surface area (Å²) in [5.41, 5.74) is -3.84. The van der Waals surface area contributed by atoms with Crippen LogP contribution in [0.25, 0.3) is 0 Å². The number of carbonyl (C=O) groups excluding carboxylic acids is 1. The van der Waals surface area contributed by atoms with Crippen molar-refractivity contribution < 1.29 is 18.0 Å². The first-order valence-electron chi connectivity index (χ1n) is 6.63. The van der Waals surface area contributed by atoms with E-state index in [1.165, 1.54) is 24.3 Å². The van der Waals surface area contributed by atoms with E-state index < -0.39 is 5.51 Å². The van der Waals surface area contributed by atoms with Crippen molar-refractivity contribution in [2.45, 2.75) is 10.4 Å². The Balaban J connectivity index is 1.91. The van der Waals surface area contributed by atoms with Gasteiger partial charge in [0, 0.05) is 36.6 Å². The van der Waals surface area contributed by atoms with E-state index in [2.05, 4.69) is 9.80 Å². The first kappa shape index (κ1) is 16.3. The predicted octanol–water partition coefficient (Wildman–Crippen LogP) is 2.73. The number of piperazine rings is 1. The molecule has 1 aromatic rings. The molecule has 1 saturated heterocycles. The van der Waals surface area contributed by atoms with Crippen LogP contribution in [-0.4, -0.2) is 60.9 Å². The zero-order valence-corrected chi connectivity index (χ0v) is 12.5. The van der Waals surface area contributed by atoms with E-state index in [-0.39, 0.29) is 22.4 Å². The second kappa shape index (κ2) is 6.81. The van der Waals surface area contributed by atoms with Crippen molar-refractivity contribution in [3.8, 4) is 0 Å². The lowest BCUT2D eigenvalue weighted by molar-refractivity contribution is -0.0328. The minimum Gasteiger partial charge on any atom is -0.304 e. The third-order valence-corrected chi connectivity index (χ3v) is 4.11. The molecular formula is C14H17F3N2OS. The normalized spacial score (nSPS) is 17.9. The molecule has 2 rings (SSSR count). The van der Waals surface area contributed by atoms with Crippen molar-refractivity contribution in [1.82, 2.24) is 9.80 Å². The van der Waals surface area contributed by atoms with Gasteiger partial charge in [0.1, 0.15) is 0 Å². The van der Waals surface area contributed by atoms with E-state index >= 15 is 0 Å². The zero-order valence-electron chi connectivity index (χ0n) is 11.7. The lowest BCUT2D eigenvalue weighted by Gasteiger charge is -2.31. The van der Waals surface area contributed by atoms with Gasteiger partial charge in [-0.2, -0.15) is 13.2 Å². The monoisotopic (exact) mass is 318 g/mol. The number of halogens is 3. The van der Waals surface area contributed by atoms with E-state index in [1.807, 2.05) is 7.05 Å². The van der Waals surface area contributed by atoms with Crippen LogP contribution >= 0.6 is 11.8 Å². The van der Waals surface area contributed by atoms with Gasteiger partial charge < -0.3 is 4.90 Å². The molecule has 0 aromatic heterocycles. The van der Waals surface area contributed by atoms with Crippen molar-refractivity contribution in [1.29, 1.82) is 0 Å². The van der Waals surface area contributed by atoms with Crippen molar-refractivity contribution in [2.75, 3.05) is 39.8 Å². The van der Waals surface area contributed by atoms with Crippen molar-refractivity contribution in [3.63, 3.8) is 0 Å². The number of ketones is 1. The standard InChI is InChI=1S/C14H17F3N2OS/c1-18-6-8-19(9-7-18)10-13(20)11-2-4-12(5-3-11)21-14(15,16)17/h2-5H,6-10H2,1H3. The van der Waals surface area contributed by atoms with Gasteiger partial charge in [-0.3, -0.25) is 9.69 Å². The Labute approximate surface area is 126 Å². The summed E-state index contributed by atoms with van der Waals surface area (Å²) in [7, 11) is 2.04. The van der Waals surface area contributed by atoms with Crippen LogP contribution in [0.15, 0.2) is 29.2 Å². The highest BCUT2D eigenvalue weighted by Crippen LogP contribution is 2.36. The quantitative estimate of drug-likeness (QED) is 0.629. The maximum absolute atomic E-state index is 12.2. The highest BCUT2D eigenvalue weighted by molar-refractivity contribution is 8.00. The number of Topliss-reactive ketones (excluding diaryl/α,β-unsaturated/α-hetero) is 1. The van der Waals surface area contributed by atoms with E-state index in [9.17, 15) is 18.0 Å². The highest BCUT2D eigenvalue weighted by atomic mass is 32.2. The van der Waals surface area contributed by atoms with Crippen molar-refractivity contribution in [2.24, 2.45) is 0 Å². The van der Waals surface area contributed by atoms with E-state index in [0.717, 1.165) is 26.2 Å². The smallest absolute Gasteiger partial charge is 0.304 e. The molecule has 0 radical (unpaired) electrons.